The average Bonchev–Trinajstić information content (AvgIpc) is 2.41. The van der Waals surface area contributed by atoms with Crippen LogP contribution in [0.25, 0.3) is 0 Å². The highest BCUT2D eigenvalue weighted by Crippen LogP contribution is 2.37. The number of nitrogens with zero attached hydrogens (tertiary/aromatic N) is 1. The summed E-state index contributed by atoms with van der Waals surface area (Å²) in [6, 6.07) is 1.39. The molecule has 0 spiro atoms. The number of fused-ring (bicyclic) bond motifs is 2. The average molecular weight is 247 g/mol. The van der Waals surface area contributed by atoms with Gasteiger partial charge in [0.25, 0.3) is 0 Å². The van der Waals surface area contributed by atoms with Crippen LogP contribution in [0.15, 0.2) is 12.2 Å². The molecule has 0 aliphatic carbocycles. The minimum absolute atomic E-state index is 0.280. The summed E-state index contributed by atoms with van der Waals surface area (Å²) >= 11 is 0. The molecule has 0 bridgehead atoms. The lowest BCUT2D eigenvalue weighted by Crippen LogP contribution is -3.20. The summed E-state index contributed by atoms with van der Waals surface area (Å²) in [5, 5.41) is 0. The largest absolute Gasteiger partial charge is 0.335 e. The third-order valence-electron chi connectivity index (χ3n) is 5.80. The van der Waals surface area contributed by atoms with E-state index in [1.54, 1.807) is 6.08 Å². The summed E-state index contributed by atoms with van der Waals surface area (Å²) in [6.45, 7) is 3.81. The topological polar surface area (TPSA) is 24.8 Å². The second-order valence-corrected chi connectivity index (χ2v) is 6.59. The Morgan fingerprint density at radius 1 is 1.22 bits per heavy atom. The van der Waals surface area contributed by atoms with Gasteiger partial charge < -0.3 is 9.80 Å². The molecular weight excluding hydrogens is 224 g/mol. The lowest BCUT2D eigenvalue weighted by molar-refractivity contribution is -0.945. The second-order valence-electron chi connectivity index (χ2n) is 6.59. The van der Waals surface area contributed by atoms with Gasteiger partial charge in [0.15, 0.2) is 0 Å². The van der Waals surface area contributed by atoms with Crippen LogP contribution in [-0.4, -0.2) is 42.5 Å². The van der Waals surface area contributed by atoms with Crippen LogP contribution in [0.1, 0.15) is 32.1 Å². The maximum Gasteiger partial charge on any atom is 0.246 e. The molecule has 1 amide bonds. The minimum atomic E-state index is 0.280. The molecular formula is C15H23N2O+. The van der Waals surface area contributed by atoms with Crippen LogP contribution in [0.5, 0.6) is 0 Å². The quantitative estimate of drug-likeness (QED) is 0.651. The van der Waals surface area contributed by atoms with Crippen LogP contribution in [0.2, 0.25) is 0 Å². The monoisotopic (exact) mass is 247 g/mol. The van der Waals surface area contributed by atoms with Crippen molar-refractivity contribution in [1.82, 2.24) is 4.90 Å². The van der Waals surface area contributed by atoms with E-state index in [2.05, 4.69) is 11.0 Å². The molecule has 98 valence electrons. The van der Waals surface area contributed by atoms with Crippen molar-refractivity contribution in [3.05, 3.63) is 12.2 Å². The summed E-state index contributed by atoms with van der Waals surface area (Å²) in [4.78, 5) is 16.2. The Labute approximate surface area is 109 Å². The second kappa shape index (κ2) is 4.09. The highest BCUT2D eigenvalue weighted by Gasteiger charge is 2.52. The van der Waals surface area contributed by atoms with Crippen LogP contribution in [0.4, 0.5) is 0 Å². The Kier molecular flexibility index (Phi) is 2.51. The summed E-state index contributed by atoms with van der Waals surface area (Å²) in [7, 11) is 0. The van der Waals surface area contributed by atoms with E-state index in [4.69, 9.17) is 0 Å². The molecule has 5 unspecified atom stereocenters. The van der Waals surface area contributed by atoms with E-state index in [1.165, 1.54) is 38.8 Å². The van der Waals surface area contributed by atoms with Gasteiger partial charge in [-0.15, -0.1) is 0 Å². The van der Waals surface area contributed by atoms with Gasteiger partial charge in [-0.3, -0.25) is 4.79 Å². The Morgan fingerprint density at radius 2 is 2.06 bits per heavy atom. The molecule has 0 aromatic rings. The number of carbonyl (C=O) groups excluding carboxylic acids is 1. The van der Waals surface area contributed by atoms with E-state index in [-0.39, 0.29) is 5.91 Å². The van der Waals surface area contributed by atoms with Crippen LogP contribution >= 0.6 is 0 Å². The van der Waals surface area contributed by atoms with Crippen molar-refractivity contribution in [2.75, 3.05) is 19.6 Å². The zero-order valence-corrected chi connectivity index (χ0v) is 11.0. The van der Waals surface area contributed by atoms with Gasteiger partial charge >= 0.3 is 0 Å². The number of quaternary nitrogens is 1. The molecule has 3 heteroatoms. The van der Waals surface area contributed by atoms with Gasteiger partial charge in [-0.1, -0.05) is 6.08 Å². The standard InChI is InChI=1S/C15H22N2O/c18-14-7-1-6-13-12-5-3-9-16-8-2-4-11(15(12)16)10-17(13)14/h1,7,11-13,15H,2-6,8-10H2/p+1. The van der Waals surface area contributed by atoms with E-state index in [0.717, 1.165) is 30.8 Å². The third-order valence-corrected chi connectivity index (χ3v) is 5.80. The van der Waals surface area contributed by atoms with Gasteiger partial charge in [0.2, 0.25) is 5.91 Å². The van der Waals surface area contributed by atoms with E-state index in [9.17, 15) is 4.79 Å². The molecule has 0 saturated carbocycles. The molecule has 4 aliphatic heterocycles. The van der Waals surface area contributed by atoms with E-state index in [1.807, 2.05) is 4.90 Å². The van der Waals surface area contributed by atoms with Gasteiger partial charge in [0.1, 0.15) is 0 Å². The summed E-state index contributed by atoms with van der Waals surface area (Å²) in [5.74, 6) is 1.84. The first-order valence-electron chi connectivity index (χ1n) is 7.66. The number of piperidine rings is 3. The molecule has 0 radical (unpaired) electrons. The number of carbonyl (C=O) groups is 1. The fraction of sp³-hybridized carbons (Fsp3) is 0.800. The minimum Gasteiger partial charge on any atom is -0.335 e. The van der Waals surface area contributed by atoms with Gasteiger partial charge in [-0.05, 0) is 38.2 Å². The van der Waals surface area contributed by atoms with E-state index < -0.39 is 0 Å². The first-order chi connectivity index (χ1) is 8.84. The number of hydrogen-bond acceptors (Lipinski definition) is 1. The molecule has 5 atom stereocenters. The molecule has 3 nitrogen and oxygen atoms in total. The smallest absolute Gasteiger partial charge is 0.246 e. The van der Waals surface area contributed by atoms with Crippen molar-refractivity contribution in [2.45, 2.75) is 44.2 Å². The van der Waals surface area contributed by atoms with Crippen LogP contribution in [-0.2, 0) is 4.79 Å². The normalized spacial score (nSPS) is 46.6. The van der Waals surface area contributed by atoms with E-state index >= 15 is 0 Å². The molecule has 4 rings (SSSR count). The number of hydrogen-bond donors (Lipinski definition) is 1. The third kappa shape index (κ3) is 1.49. The van der Waals surface area contributed by atoms with Crippen molar-refractivity contribution in [3.63, 3.8) is 0 Å². The van der Waals surface area contributed by atoms with Gasteiger partial charge in [-0.25, -0.2) is 0 Å². The summed E-state index contributed by atoms with van der Waals surface area (Å²) in [5.41, 5.74) is 0. The fourth-order valence-corrected chi connectivity index (χ4v) is 5.17. The van der Waals surface area contributed by atoms with E-state index in [0.29, 0.717) is 6.04 Å². The van der Waals surface area contributed by atoms with Crippen LogP contribution < -0.4 is 4.90 Å². The van der Waals surface area contributed by atoms with Gasteiger partial charge in [0.05, 0.1) is 19.1 Å². The maximum atomic E-state index is 12.1. The van der Waals surface area contributed by atoms with Crippen LogP contribution in [0, 0.1) is 11.8 Å². The SMILES string of the molecule is O=C1C=CCC2C3CCC[NH+]4CCCC(CN12)C34. The Hall–Kier alpha value is -0.830. The molecule has 1 N–H and O–H groups in total. The molecule has 0 aromatic carbocycles. The Morgan fingerprint density at radius 3 is 2.94 bits per heavy atom. The van der Waals surface area contributed by atoms with Crippen molar-refractivity contribution < 1.29 is 9.69 Å². The summed E-state index contributed by atoms with van der Waals surface area (Å²) < 4.78 is 0. The van der Waals surface area contributed by atoms with Gasteiger partial charge in [0, 0.05) is 24.4 Å². The first kappa shape index (κ1) is 11.0. The molecule has 3 fully saturated rings. The molecule has 4 aliphatic rings. The van der Waals surface area contributed by atoms with Crippen molar-refractivity contribution in [3.8, 4) is 0 Å². The number of nitrogens with one attached hydrogen (secondary N) is 1. The van der Waals surface area contributed by atoms with Crippen LogP contribution in [0.3, 0.4) is 0 Å². The fourth-order valence-electron chi connectivity index (χ4n) is 5.17. The van der Waals surface area contributed by atoms with Gasteiger partial charge in [-0.2, -0.15) is 0 Å². The van der Waals surface area contributed by atoms with Crippen molar-refractivity contribution >= 4 is 5.91 Å². The molecule has 3 saturated heterocycles. The highest BCUT2D eigenvalue weighted by atomic mass is 16.2. The first-order valence-corrected chi connectivity index (χ1v) is 7.66. The van der Waals surface area contributed by atoms with Crippen molar-refractivity contribution in [2.24, 2.45) is 11.8 Å². The maximum absolute atomic E-state index is 12.1. The predicted molar refractivity (Wildman–Crippen MR) is 69.2 cm³/mol. The summed E-state index contributed by atoms with van der Waals surface area (Å²) in [6.07, 6.45) is 10.5. The lowest BCUT2D eigenvalue weighted by Gasteiger charge is -2.55. The molecule has 4 heterocycles. The number of rotatable bonds is 0. The number of amides is 1. The lowest BCUT2D eigenvalue weighted by atomic mass is 9.68. The Balaban J connectivity index is 1.68. The highest BCUT2D eigenvalue weighted by molar-refractivity contribution is 5.88. The zero-order chi connectivity index (χ0) is 12.1. The van der Waals surface area contributed by atoms with Crippen molar-refractivity contribution in [1.29, 1.82) is 0 Å². The molecule has 18 heavy (non-hydrogen) atoms. The zero-order valence-electron chi connectivity index (χ0n) is 11.0. The molecule has 0 aromatic heterocycles. The predicted octanol–water partition coefficient (Wildman–Crippen LogP) is 0.231. The Bertz CT molecular complexity index is 390.